The maximum absolute atomic E-state index is 12.4. The standard InChI is InChI=1S/C12H18N4O2S2/c1-13-11-12(16-8-4-3-6-10(16)15-11)20(17,18)14-7-5-9-19-2/h3-4,6,8,13-14H,5,7,9H2,1-2H3. The molecule has 8 heteroatoms. The number of hydrogen-bond donors (Lipinski definition) is 2. The van der Waals surface area contributed by atoms with E-state index in [0.29, 0.717) is 18.0 Å². The Kier molecular flexibility index (Phi) is 4.90. The van der Waals surface area contributed by atoms with Crippen LogP contribution >= 0.6 is 11.8 Å². The first-order valence-corrected chi connectivity index (χ1v) is 9.11. The van der Waals surface area contributed by atoms with Crippen LogP contribution in [-0.4, -0.2) is 43.4 Å². The molecule has 0 spiro atoms. The number of rotatable bonds is 7. The molecule has 0 aliphatic carbocycles. The van der Waals surface area contributed by atoms with Crippen LogP contribution in [0.25, 0.3) is 5.65 Å². The SMILES string of the molecule is CNc1nc2ccccn2c1S(=O)(=O)NCCCSC. The first-order valence-electron chi connectivity index (χ1n) is 6.23. The van der Waals surface area contributed by atoms with Crippen molar-refractivity contribution in [3.8, 4) is 0 Å². The van der Waals surface area contributed by atoms with Gasteiger partial charge in [-0.15, -0.1) is 0 Å². The van der Waals surface area contributed by atoms with Crippen molar-refractivity contribution in [2.45, 2.75) is 11.4 Å². The topological polar surface area (TPSA) is 75.5 Å². The predicted octanol–water partition coefficient (Wildman–Crippen LogP) is 1.41. The molecule has 0 aromatic carbocycles. The van der Waals surface area contributed by atoms with Crippen molar-refractivity contribution in [3.63, 3.8) is 0 Å². The third-order valence-electron chi connectivity index (χ3n) is 2.79. The molecule has 0 saturated carbocycles. The number of hydrogen-bond acceptors (Lipinski definition) is 5. The Morgan fingerprint density at radius 3 is 2.90 bits per heavy atom. The van der Waals surface area contributed by atoms with Crippen molar-refractivity contribution < 1.29 is 8.42 Å². The summed E-state index contributed by atoms with van der Waals surface area (Å²) < 4.78 is 29.1. The first-order chi connectivity index (χ1) is 9.60. The lowest BCUT2D eigenvalue weighted by Crippen LogP contribution is -2.27. The van der Waals surface area contributed by atoms with Crippen molar-refractivity contribution in [3.05, 3.63) is 24.4 Å². The van der Waals surface area contributed by atoms with Gasteiger partial charge in [-0.3, -0.25) is 4.40 Å². The van der Waals surface area contributed by atoms with Gasteiger partial charge in [-0.1, -0.05) is 6.07 Å². The molecule has 0 fully saturated rings. The second kappa shape index (κ2) is 6.47. The lowest BCUT2D eigenvalue weighted by Gasteiger charge is -2.07. The van der Waals surface area contributed by atoms with E-state index in [1.165, 1.54) is 0 Å². The van der Waals surface area contributed by atoms with Crippen molar-refractivity contribution in [2.75, 3.05) is 30.9 Å². The van der Waals surface area contributed by atoms with Crippen LogP contribution in [0.5, 0.6) is 0 Å². The summed E-state index contributed by atoms with van der Waals surface area (Å²) in [5.41, 5.74) is 0.598. The molecule has 0 saturated heterocycles. The quantitative estimate of drug-likeness (QED) is 0.756. The van der Waals surface area contributed by atoms with Crippen LogP contribution in [0.1, 0.15) is 6.42 Å². The van der Waals surface area contributed by atoms with Crippen molar-refractivity contribution in [2.24, 2.45) is 0 Å². The monoisotopic (exact) mass is 314 g/mol. The Hall–Kier alpha value is -1.25. The second-order valence-corrected chi connectivity index (χ2v) is 6.86. The molecule has 20 heavy (non-hydrogen) atoms. The molecular weight excluding hydrogens is 296 g/mol. The third kappa shape index (κ3) is 3.08. The number of pyridine rings is 1. The number of thioether (sulfide) groups is 1. The Balaban J connectivity index is 2.35. The molecular formula is C12H18N4O2S2. The van der Waals surface area contributed by atoms with Crippen LogP contribution in [0.2, 0.25) is 0 Å². The number of nitrogens with zero attached hydrogens (tertiary/aromatic N) is 2. The summed E-state index contributed by atoms with van der Waals surface area (Å²) in [4.78, 5) is 4.27. The molecule has 2 rings (SSSR count). The van der Waals surface area contributed by atoms with E-state index in [9.17, 15) is 8.42 Å². The summed E-state index contributed by atoms with van der Waals surface area (Å²) in [6.45, 7) is 0.423. The van der Waals surface area contributed by atoms with E-state index < -0.39 is 10.0 Å². The summed E-state index contributed by atoms with van der Waals surface area (Å²) in [6, 6.07) is 5.37. The van der Waals surface area contributed by atoms with Crippen LogP contribution in [0, 0.1) is 0 Å². The van der Waals surface area contributed by atoms with Crippen molar-refractivity contribution in [1.29, 1.82) is 0 Å². The van der Waals surface area contributed by atoms with Crippen molar-refractivity contribution in [1.82, 2.24) is 14.1 Å². The number of aromatic nitrogens is 2. The number of imidazole rings is 1. The van der Waals surface area contributed by atoms with E-state index in [-0.39, 0.29) is 5.03 Å². The summed E-state index contributed by atoms with van der Waals surface area (Å²) in [5, 5.41) is 2.99. The number of sulfonamides is 1. The molecule has 0 radical (unpaired) electrons. The fourth-order valence-electron chi connectivity index (χ4n) is 1.88. The number of anilines is 1. The predicted molar refractivity (Wildman–Crippen MR) is 82.9 cm³/mol. The average Bonchev–Trinajstić information content (AvgIpc) is 2.83. The molecule has 110 valence electrons. The molecule has 0 atom stereocenters. The Labute approximate surface area is 123 Å². The zero-order chi connectivity index (χ0) is 14.6. The molecule has 2 N–H and O–H groups in total. The van der Waals surface area contributed by atoms with Gasteiger partial charge in [0.25, 0.3) is 10.0 Å². The van der Waals surface area contributed by atoms with Gasteiger partial charge in [0.05, 0.1) is 0 Å². The van der Waals surface area contributed by atoms with Crippen molar-refractivity contribution >= 4 is 33.3 Å². The van der Waals surface area contributed by atoms with Gasteiger partial charge in [-0.2, -0.15) is 11.8 Å². The lowest BCUT2D eigenvalue weighted by molar-refractivity contribution is 0.576. The van der Waals surface area contributed by atoms with Crippen LogP contribution < -0.4 is 10.0 Å². The maximum Gasteiger partial charge on any atom is 0.260 e. The van der Waals surface area contributed by atoms with Gasteiger partial charge in [0.2, 0.25) is 0 Å². The van der Waals surface area contributed by atoms with Gasteiger partial charge in [0, 0.05) is 19.8 Å². The molecule has 0 aliphatic heterocycles. The minimum Gasteiger partial charge on any atom is -0.371 e. The number of nitrogens with one attached hydrogen (secondary N) is 2. The van der Waals surface area contributed by atoms with Crippen LogP contribution in [0.15, 0.2) is 29.4 Å². The Morgan fingerprint density at radius 2 is 2.20 bits per heavy atom. The maximum atomic E-state index is 12.4. The molecule has 0 amide bonds. The van der Waals surface area contributed by atoms with E-state index in [2.05, 4.69) is 15.0 Å². The largest absolute Gasteiger partial charge is 0.371 e. The summed E-state index contributed by atoms with van der Waals surface area (Å²) in [6.07, 6.45) is 4.49. The van der Waals surface area contributed by atoms with Gasteiger partial charge >= 0.3 is 0 Å². The summed E-state index contributed by atoms with van der Waals surface area (Å²) in [5.74, 6) is 1.28. The van der Waals surface area contributed by atoms with E-state index in [4.69, 9.17) is 0 Å². The highest BCUT2D eigenvalue weighted by atomic mass is 32.2. The van der Waals surface area contributed by atoms with E-state index in [0.717, 1.165) is 12.2 Å². The number of fused-ring (bicyclic) bond motifs is 1. The third-order valence-corrected chi connectivity index (χ3v) is 4.97. The molecule has 0 bridgehead atoms. The highest BCUT2D eigenvalue weighted by Gasteiger charge is 2.24. The highest BCUT2D eigenvalue weighted by Crippen LogP contribution is 2.21. The smallest absolute Gasteiger partial charge is 0.260 e. The fraction of sp³-hybridized carbons (Fsp3) is 0.417. The molecule has 6 nitrogen and oxygen atoms in total. The highest BCUT2D eigenvalue weighted by molar-refractivity contribution is 7.98. The Morgan fingerprint density at radius 1 is 1.40 bits per heavy atom. The zero-order valence-electron chi connectivity index (χ0n) is 11.5. The summed E-state index contributed by atoms with van der Waals surface area (Å²) in [7, 11) is -1.93. The van der Waals surface area contributed by atoms with Gasteiger partial charge < -0.3 is 5.32 Å². The summed E-state index contributed by atoms with van der Waals surface area (Å²) >= 11 is 1.70. The van der Waals surface area contributed by atoms with Crippen LogP contribution in [0.3, 0.4) is 0 Å². The first kappa shape index (κ1) is 15.1. The van der Waals surface area contributed by atoms with E-state index in [1.54, 1.807) is 41.5 Å². The van der Waals surface area contributed by atoms with E-state index >= 15 is 0 Å². The normalized spacial score (nSPS) is 11.9. The molecule has 2 heterocycles. The fourth-order valence-corrected chi connectivity index (χ4v) is 3.68. The lowest BCUT2D eigenvalue weighted by atomic mass is 10.5. The molecule has 0 unspecified atom stereocenters. The van der Waals surface area contributed by atoms with Gasteiger partial charge in [-0.25, -0.2) is 18.1 Å². The average molecular weight is 314 g/mol. The molecule has 0 aliphatic rings. The van der Waals surface area contributed by atoms with Crippen LogP contribution in [0.4, 0.5) is 5.82 Å². The van der Waals surface area contributed by atoms with Gasteiger partial charge in [-0.05, 0) is 30.6 Å². The zero-order valence-corrected chi connectivity index (χ0v) is 13.1. The Bertz CT molecular complexity index is 682. The van der Waals surface area contributed by atoms with E-state index in [1.807, 2.05) is 12.3 Å². The molecule has 2 aromatic heterocycles. The minimum absolute atomic E-state index is 0.153. The van der Waals surface area contributed by atoms with Gasteiger partial charge in [0.1, 0.15) is 5.65 Å². The minimum atomic E-state index is -3.59. The molecule has 2 aromatic rings. The van der Waals surface area contributed by atoms with Gasteiger partial charge in [0.15, 0.2) is 10.8 Å². The van der Waals surface area contributed by atoms with Crippen LogP contribution in [-0.2, 0) is 10.0 Å². The second-order valence-electron chi connectivity index (χ2n) is 4.19.